The lowest BCUT2D eigenvalue weighted by atomic mass is 10.1. The van der Waals surface area contributed by atoms with Crippen LogP contribution >= 0.6 is 0 Å². The summed E-state index contributed by atoms with van der Waals surface area (Å²) in [6, 6.07) is 1.85. The molecule has 1 rings (SSSR count). The number of rotatable bonds is 0. The Kier molecular flexibility index (Phi) is 2.78. The second kappa shape index (κ2) is 3.63. The van der Waals surface area contributed by atoms with Gasteiger partial charge in [0.1, 0.15) is 11.6 Å². The second-order valence-electron chi connectivity index (χ2n) is 4.73. The lowest BCUT2D eigenvalue weighted by Crippen LogP contribution is -2.48. The standard InChI is InChI=1S/C11H15N3O2/c1-7-8(6-12)9(15)14(11(2,3)4)10(16)13(7)5/h1-5H3. The van der Waals surface area contributed by atoms with Gasteiger partial charge in [-0.15, -0.1) is 0 Å². The van der Waals surface area contributed by atoms with E-state index in [1.807, 2.05) is 6.07 Å². The first-order chi connectivity index (χ1) is 7.21. The van der Waals surface area contributed by atoms with Gasteiger partial charge in [-0.2, -0.15) is 5.26 Å². The van der Waals surface area contributed by atoms with Gasteiger partial charge in [0.05, 0.1) is 0 Å². The molecule has 1 aromatic heterocycles. The molecule has 5 nitrogen and oxygen atoms in total. The highest BCUT2D eigenvalue weighted by molar-refractivity contribution is 5.30. The van der Waals surface area contributed by atoms with E-state index in [9.17, 15) is 9.59 Å². The van der Waals surface area contributed by atoms with E-state index in [-0.39, 0.29) is 5.56 Å². The summed E-state index contributed by atoms with van der Waals surface area (Å²) in [5.74, 6) is 0. The normalized spacial score (nSPS) is 11.2. The minimum atomic E-state index is -0.634. The molecule has 0 spiro atoms. The van der Waals surface area contributed by atoms with Crippen molar-refractivity contribution >= 4 is 0 Å². The summed E-state index contributed by atoms with van der Waals surface area (Å²) in [5, 5.41) is 8.93. The fourth-order valence-electron chi connectivity index (χ4n) is 1.53. The topological polar surface area (TPSA) is 67.8 Å². The quantitative estimate of drug-likeness (QED) is 0.640. The highest BCUT2D eigenvalue weighted by Crippen LogP contribution is 2.08. The molecule has 86 valence electrons. The largest absolute Gasteiger partial charge is 0.331 e. The first kappa shape index (κ1) is 12.2. The van der Waals surface area contributed by atoms with Crippen molar-refractivity contribution in [3.8, 4) is 6.07 Å². The molecule has 0 N–H and O–H groups in total. The van der Waals surface area contributed by atoms with E-state index in [2.05, 4.69) is 0 Å². The van der Waals surface area contributed by atoms with E-state index in [0.717, 1.165) is 4.57 Å². The molecule has 0 bridgehead atoms. The van der Waals surface area contributed by atoms with Gasteiger partial charge >= 0.3 is 5.69 Å². The van der Waals surface area contributed by atoms with Gasteiger partial charge in [-0.1, -0.05) is 0 Å². The third-order valence-corrected chi connectivity index (χ3v) is 2.54. The molecular formula is C11H15N3O2. The Bertz CT molecular complexity index is 579. The Balaban J connectivity index is 3.95. The zero-order valence-electron chi connectivity index (χ0n) is 10.2. The van der Waals surface area contributed by atoms with E-state index >= 15 is 0 Å². The van der Waals surface area contributed by atoms with Crippen LogP contribution in [0.2, 0.25) is 0 Å². The Hall–Kier alpha value is -1.83. The highest BCUT2D eigenvalue weighted by Gasteiger charge is 2.22. The van der Waals surface area contributed by atoms with Crippen molar-refractivity contribution in [2.45, 2.75) is 33.2 Å². The van der Waals surface area contributed by atoms with Crippen molar-refractivity contribution < 1.29 is 0 Å². The molecule has 0 saturated heterocycles. The highest BCUT2D eigenvalue weighted by atomic mass is 16.2. The maximum absolute atomic E-state index is 12.0. The molecule has 5 heteroatoms. The van der Waals surface area contributed by atoms with Crippen LogP contribution in [0.1, 0.15) is 32.0 Å². The lowest BCUT2D eigenvalue weighted by molar-refractivity contribution is 0.356. The van der Waals surface area contributed by atoms with Gasteiger partial charge in [0.15, 0.2) is 0 Å². The van der Waals surface area contributed by atoms with Gasteiger partial charge in [0.2, 0.25) is 0 Å². The fourth-order valence-corrected chi connectivity index (χ4v) is 1.53. The van der Waals surface area contributed by atoms with Gasteiger partial charge in [0, 0.05) is 18.3 Å². The number of hydrogen-bond donors (Lipinski definition) is 0. The first-order valence-electron chi connectivity index (χ1n) is 4.95. The molecule has 16 heavy (non-hydrogen) atoms. The Labute approximate surface area is 93.6 Å². The van der Waals surface area contributed by atoms with Crippen LogP contribution in [0.3, 0.4) is 0 Å². The predicted molar refractivity (Wildman–Crippen MR) is 60.4 cm³/mol. The molecule has 0 aromatic carbocycles. The maximum atomic E-state index is 12.0. The smallest absolute Gasteiger partial charge is 0.300 e. The Morgan fingerprint density at radius 3 is 2.12 bits per heavy atom. The zero-order valence-corrected chi connectivity index (χ0v) is 10.2. The molecule has 0 saturated carbocycles. The fraction of sp³-hybridized carbons (Fsp3) is 0.545. The van der Waals surface area contributed by atoms with Crippen LogP contribution in [0, 0.1) is 18.3 Å². The van der Waals surface area contributed by atoms with E-state index in [0.29, 0.717) is 5.69 Å². The van der Waals surface area contributed by atoms with Crippen molar-refractivity contribution in [3.05, 3.63) is 32.1 Å². The molecule has 0 atom stereocenters. The summed E-state index contributed by atoms with van der Waals surface area (Å²) < 4.78 is 2.43. The number of hydrogen-bond acceptors (Lipinski definition) is 3. The molecule has 1 aromatic rings. The van der Waals surface area contributed by atoms with Gasteiger partial charge in [-0.05, 0) is 27.7 Å². The van der Waals surface area contributed by atoms with Gasteiger partial charge in [-0.3, -0.25) is 13.9 Å². The van der Waals surface area contributed by atoms with Crippen molar-refractivity contribution in [2.24, 2.45) is 7.05 Å². The van der Waals surface area contributed by atoms with E-state index in [1.165, 1.54) is 4.57 Å². The van der Waals surface area contributed by atoms with Crippen LogP contribution in [-0.4, -0.2) is 9.13 Å². The van der Waals surface area contributed by atoms with Crippen LogP contribution in [-0.2, 0) is 12.6 Å². The minimum Gasteiger partial charge on any atom is -0.300 e. The summed E-state index contributed by atoms with van der Waals surface area (Å²) >= 11 is 0. The molecule has 1 heterocycles. The average molecular weight is 221 g/mol. The number of aromatic nitrogens is 2. The Morgan fingerprint density at radius 2 is 1.75 bits per heavy atom. The molecular weight excluding hydrogens is 206 g/mol. The third-order valence-electron chi connectivity index (χ3n) is 2.54. The summed E-state index contributed by atoms with van der Waals surface area (Å²) in [4.78, 5) is 23.9. The first-order valence-corrected chi connectivity index (χ1v) is 4.95. The second-order valence-corrected chi connectivity index (χ2v) is 4.73. The molecule has 0 fully saturated rings. The van der Waals surface area contributed by atoms with Gasteiger partial charge in [0.25, 0.3) is 5.56 Å². The van der Waals surface area contributed by atoms with Crippen molar-refractivity contribution in [2.75, 3.05) is 0 Å². The maximum Gasteiger partial charge on any atom is 0.331 e. The van der Waals surface area contributed by atoms with Crippen molar-refractivity contribution in [1.29, 1.82) is 5.26 Å². The zero-order chi connectivity index (χ0) is 12.7. The van der Waals surface area contributed by atoms with Crippen molar-refractivity contribution in [1.82, 2.24) is 9.13 Å². The number of nitriles is 1. The van der Waals surface area contributed by atoms with Crippen LogP contribution in [0.25, 0.3) is 0 Å². The van der Waals surface area contributed by atoms with Gasteiger partial charge in [-0.25, -0.2) is 4.79 Å². The Morgan fingerprint density at radius 1 is 1.25 bits per heavy atom. The molecule has 0 amide bonds. The van der Waals surface area contributed by atoms with Crippen LogP contribution in [0.5, 0.6) is 0 Å². The summed E-state index contributed by atoms with van der Waals surface area (Å²) in [5.41, 5.74) is -1.12. The van der Waals surface area contributed by atoms with Crippen LogP contribution in [0.15, 0.2) is 9.59 Å². The van der Waals surface area contributed by atoms with E-state index in [1.54, 1.807) is 34.7 Å². The van der Waals surface area contributed by atoms with E-state index < -0.39 is 16.8 Å². The molecule has 0 aliphatic rings. The van der Waals surface area contributed by atoms with Gasteiger partial charge < -0.3 is 0 Å². The number of nitrogens with zero attached hydrogens (tertiary/aromatic N) is 3. The minimum absolute atomic E-state index is 0.0250. The average Bonchev–Trinajstić information content (AvgIpc) is 2.13. The monoisotopic (exact) mass is 221 g/mol. The third kappa shape index (κ3) is 1.67. The summed E-state index contributed by atoms with van der Waals surface area (Å²) in [6.45, 7) is 6.86. The molecule has 0 aliphatic heterocycles. The molecule has 0 radical (unpaired) electrons. The van der Waals surface area contributed by atoms with Crippen molar-refractivity contribution in [3.63, 3.8) is 0 Å². The van der Waals surface area contributed by atoms with Crippen LogP contribution in [0.4, 0.5) is 0 Å². The SMILES string of the molecule is Cc1c(C#N)c(=O)n(C(C)(C)C)c(=O)n1C. The summed E-state index contributed by atoms with van der Waals surface area (Å²) in [6.07, 6.45) is 0. The predicted octanol–water partition coefficient (Wildman–Crippen LogP) is 0.482. The summed E-state index contributed by atoms with van der Waals surface area (Å²) in [7, 11) is 1.56. The lowest BCUT2D eigenvalue weighted by Gasteiger charge is -2.22. The molecule has 0 unspecified atom stereocenters. The van der Waals surface area contributed by atoms with Crippen LogP contribution < -0.4 is 11.2 Å². The van der Waals surface area contributed by atoms with E-state index in [4.69, 9.17) is 5.26 Å². The molecule has 0 aliphatic carbocycles.